The number of imidazole rings is 2. The minimum Gasteiger partial charge on any atom is -0.465 e. The molecule has 4 N–H and O–H groups in total. The van der Waals surface area contributed by atoms with Crippen LogP contribution in [0.2, 0.25) is 0 Å². The minimum atomic E-state index is -0.773. The van der Waals surface area contributed by atoms with Crippen LogP contribution in [-0.4, -0.2) is 97.7 Å². The highest BCUT2D eigenvalue weighted by atomic mass is 19.1. The molecule has 0 bridgehead atoms. The Morgan fingerprint density at radius 1 is 0.812 bits per heavy atom. The number of piperidine rings is 1. The molecular formula is C52H58FN9O7. The van der Waals surface area contributed by atoms with Crippen molar-refractivity contribution >= 4 is 34.9 Å². The molecule has 3 fully saturated rings. The molecule has 4 amide bonds. The molecule has 1 saturated carbocycles. The molecule has 0 spiro atoms. The Bertz CT molecular complexity index is 2980. The number of amides is 4. The summed E-state index contributed by atoms with van der Waals surface area (Å²) in [4.78, 5) is 72.5. The fourth-order valence-electron chi connectivity index (χ4n) is 11.1. The Morgan fingerprint density at radius 2 is 1.45 bits per heavy atom. The van der Waals surface area contributed by atoms with Crippen molar-refractivity contribution in [2.45, 2.75) is 84.8 Å². The normalized spacial score (nSPS) is 21.9. The van der Waals surface area contributed by atoms with Gasteiger partial charge in [0.25, 0.3) is 0 Å². The lowest BCUT2D eigenvalue weighted by Gasteiger charge is -2.33. The van der Waals surface area contributed by atoms with Gasteiger partial charge in [-0.15, -0.1) is 0 Å². The predicted octanol–water partition coefficient (Wildman–Crippen LogP) is 8.75. The second kappa shape index (κ2) is 17.4. The van der Waals surface area contributed by atoms with Crippen LogP contribution in [0.3, 0.4) is 0 Å². The zero-order chi connectivity index (χ0) is 48.6. The summed E-state index contributed by atoms with van der Waals surface area (Å²) in [5.74, 6) is 0.922. The molecule has 4 aliphatic rings. The number of nitrogens with zero attached hydrogens (tertiary/aromatic N) is 5. The number of rotatable bonds is 11. The summed E-state index contributed by atoms with van der Waals surface area (Å²) in [6.45, 7) is 13.1. The van der Waals surface area contributed by atoms with Crippen LogP contribution in [0.25, 0.3) is 44.7 Å². The van der Waals surface area contributed by atoms with Gasteiger partial charge in [-0.05, 0) is 72.3 Å². The van der Waals surface area contributed by atoms with E-state index in [0.29, 0.717) is 65.3 Å². The number of hydrogen-bond donors (Lipinski definition) is 4. The number of ether oxygens (including phenoxy) is 3. The largest absolute Gasteiger partial charge is 0.465 e. The monoisotopic (exact) mass is 939 g/mol. The van der Waals surface area contributed by atoms with E-state index in [4.69, 9.17) is 24.2 Å². The van der Waals surface area contributed by atoms with Gasteiger partial charge >= 0.3 is 12.2 Å². The average molecular weight is 940 g/mol. The van der Waals surface area contributed by atoms with E-state index in [1.807, 2.05) is 91.8 Å². The van der Waals surface area contributed by atoms with E-state index in [2.05, 4.69) is 40.5 Å². The Kier molecular flexibility index (Phi) is 11.5. The molecule has 7 atom stereocenters. The molecule has 3 aromatic carbocycles. The van der Waals surface area contributed by atoms with E-state index in [1.54, 1.807) is 17.3 Å². The predicted molar refractivity (Wildman–Crippen MR) is 255 cm³/mol. The third-order valence-corrected chi connectivity index (χ3v) is 14.9. The number of nitrogens with one attached hydrogen (secondary N) is 4. The van der Waals surface area contributed by atoms with Crippen LogP contribution >= 0.6 is 0 Å². The third kappa shape index (κ3) is 7.84. The van der Waals surface area contributed by atoms with Crippen LogP contribution in [0.1, 0.15) is 89.9 Å². The highest BCUT2D eigenvalue weighted by Gasteiger charge is 2.68. The molecule has 16 nitrogen and oxygen atoms in total. The van der Waals surface area contributed by atoms with Gasteiger partial charge in [-0.3, -0.25) is 9.59 Å². The van der Waals surface area contributed by atoms with Crippen molar-refractivity contribution in [3.05, 3.63) is 102 Å². The molecule has 69 heavy (non-hydrogen) atoms. The first-order valence-electron chi connectivity index (χ1n) is 23.7. The quantitative estimate of drug-likeness (QED) is 0.0985. The van der Waals surface area contributed by atoms with Crippen LogP contribution in [0.4, 0.5) is 14.0 Å². The Labute approximate surface area is 399 Å². The van der Waals surface area contributed by atoms with Crippen LogP contribution in [-0.2, 0) is 19.1 Å². The highest BCUT2D eigenvalue weighted by Crippen LogP contribution is 2.69. The van der Waals surface area contributed by atoms with Gasteiger partial charge in [-0.25, -0.2) is 23.9 Å². The summed E-state index contributed by atoms with van der Waals surface area (Å²) in [5.41, 5.74) is 5.46. The number of likely N-dealkylation sites (tertiary alicyclic amines) is 2. The van der Waals surface area contributed by atoms with Gasteiger partial charge in [0.15, 0.2) is 0 Å². The average Bonchev–Trinajstić information content (AvgIpc) is 4.12. The van der Waals surface area contributed by atoms with E-state index >= 15 is 4.39 Å². The fourth-order valence-corrected chi connectivity index (χ4v) is 11.1. The summed E-state index contributed by atoms with van der Waals surface area (Å²) in [6.07, 6.45) is 2.93. The lowest BCUT2D eigenvalue weighted by atomic mass is 9.97. The van der Waals surface area contributed by atoms with Crippen molar-refractivity contribution in [2.24, 2.45) is 29.1 Å². The standard InChI is InChI=1S/C52H58FN9O7/c1-26(2)42(58-50(65)67-7)47(63)60-18-12-15-37(60)45-54-24-35(56-45)30-20-33(53)40-38-21-31-19-29(16-17-36(31)62(38)49(69-39(40)22-30)28-13-10-9-11-14-28)34-23-55-46(57-34)44-41-32(52(41,5)6)25-61(44)48(64)43(27(3)4)59-51(66)68-8/h9-11,13-14,16-17,19-24,26-27,32,37,41-44,49H,12,15,18,25H2,1-8H3,(H,54,56)(H,55,57)(H,58,65)(H,59,66)/t32-,37-,41-,42-,43-,44+,49?/m0/s1. The maximum atomic E-state index is 16.9. The number of hydrogen-bond acceptors (Lipinski definition) is 9. The third-order valence-electron chi connectivity index (χ3n) is 14.9. The summed E-state index contributed by atoms with van der Waals surface area (Å²) in [5, 5.41) is 6.30. The van der Waals surface area contributed by atoms with E-state index in [-0.39, 0.29) is 47.1 Å². The fraction of sp³-hybridized carbons (Fsp3) is 0.423. The maximum Gasteiger partial charge on any atom is 0.407 e. The van der Waals surface area contributed by atoms with Crippen molar-refractivity contribution in [2.75, 3.05) is 27.3 Å². The van der Waals surface area contributed by atoms with Crippen LogP contribution in [0.15, 0.2) is 79.1 Å². The summed E-state index contributed by atoms with van der Waals surface area (Å²) >= 11 is 0. The van der Waals surface area contributed by atoms with Gasteiger partial charge in [0.2, 0.25) is 18.0 Å². The molecule has 2 saturated heterocycles. The van der Waals surface area contributed by atoms with Crippen molar-refractivity contribution in [1.29, 1.82) is 0 Å². The Morgan fingerprint density at radius 3 is 2.12 bits per heavy atom. The van der Waals surface area contributed by atoms with Crippen LogP contribution in [0.5, 0.6) is 5.75 Å². The van der Waals surface area contributed by atoms with Gasteiger partial charge in [-0.1, -0.05) is 77.9 Å². The Hall–Kier alpha value is -7.17. The summed E-state index contributed by atoms with van der Waals surface area (Å²) in [7, 11) is 2.55. The van der Waals surface area contributed by atoms with Crippen LogP contribution in [0, 0.1) is 34.9 Å². The van der Waals surface area contributed by atoms with E-state index in [0.717, 1.165) is 34.1 Å². The molecule has 360 valence electrons. The molecule has 3 aliphatic heterocycles. The topological polar surface area (TPSA) is 189 Å². The molecule has 3 aromatic heterocycles. The number of methoxy groups -OCH3 is 2. The molecular weight excluding hydrogens is 882 g/mol. The van der Waals surface area contributed by atoms with Crippen LogP contribution < -0.4 is 15.4 Å². The molecule has 0 radical (unpaired) electrons. The molecule has 10 rings (SSSR count). The molecule has 6 heterocycles. The van der Waals surface area contributed by atoms with Crippen molar-refractivity contribution in [3.63, 3.8) is 0 Å². The number of fused-ring (bicyclic) bond motifs is 6. The molecule has 1 unspecified atom stereocenters. The first kappa shape index (κ1) is 45.6. The second-order valence-corrected chi connectivity index (χ2v) is 20.0. The van der Waals surface area contributed by atoms with Gasteiger partial charge in [-0.2, -0.15) is 0 Å². The number of H-pyrrole nitrogens is 2. The number of aromatic nitrogens is 5. The lowest BCUT2D eigenvalue weighted by molar-refractivity contribution is -0.137. The number of halogens is 1. The van der Waals surface area contributed by atoms with E-state index in [9.17, 15) is 19.2 Å². The van der Waals surface area contributed by atoms with E-state index in [1.165, 1.54) is 20.3 Å². The van der Waals surface area contributed by atoms with Gasteiger partial charge in [0, 0.05) is 35.2 Å². The molecule has 1 aliphatic carbocycles. The molecule has 6 aromatic rings. The van der Waals surface area contributed by atoms with Gasteiger partial charge in [0.05, 0.1) is 66.9 Å². The number of carbonyl (C=O) groups is 4. The Balaban J connectivity index is 0.967. The van der Waals surface area contributed by atoms with E-state index < -0.39 is 36.3 Å². The summed E-state index contributed by atoms with van der Waals surface area (Å²) < 4.78 is 35.4. The number of carbonyl (C=O) groups excluding carboxylic acids is 4. The van der Waals surface area contributed by atoms with Gasteiger partial charge in [0.1, 0.15) is 35.3 Å². The second-order valence-electron chi connectivity index (χ2n) is 20.0. The highest BCUT2D eigenvalue weighted by molar-refractivity contribution is 5.93. The zero-order valence-electron chi connectivity index (χ0n) is 40.0. The smallest absolute Gasteiger partial charge is 0.407 e. The van der Waals surface area contributed by atoms with Crippen molar-refractivity contribution < 1.29 is 37.8 Å². The summed E-state index contributed by atoms with van der Waals surface area (Å²) in [6, 6.07) is 19.0. The minimum absolute atomic E-state index is 0.0240. The molecule has 17 heteroatoms. The van der Waals surface area contributed by atoms with Crippen molar-refractivity contribution in [3.8, 4) is 39.5 Å². The SMILES string of the molecule is COC(=O)N[C@H](C(=O)N1CCC[C@H]1c1ncc(-c2cc(F)c3c(c2)OC(c2ccccc2)n2c-3cc3cc(-c4cnc([C@H]5[C@@H]6[C@H](CN5C(=O)[C@@H](NC(=O)OC)C(C)C)C6(C)C)[nH]4)ccc32)[nH]1)C(C)C. The lowest BCUT2D eigenvalue weighted by Crippen LogP contribution is -2.52. The number of alkyl carbamates (subject to hydrolysis) is 2. The number of benzene rings is 3. The zero-order valence-corrected chi connectivity index (χ0v) is 40.0. The maximum absolute atomic E-state index is 16.9. The number of aromatic amines is 2. The van der Waals surface area contributed by atoms with Gasteiger partial charge < -0.3 is 49.2 Å². The first-order chi connectivity index (χ1) is 33.1. The van der Waals surface area contributed by atoms with Crippen molar-refractivity contribution in [1.82, 2.24) is 44.9 Å². The first-order valence-corrected chi connectivity index (χ1v) is 23.7.